The van der Waals surface area contributed by atoms with Crippen LogP contribution in [0.3, 0.4) is 0 Å². The number of aromatic nitrogens is 1. The van der Waals surface area contributed by atoms with Crippen molar-refractivity contribution in [1.29, 1.82) is 0 Å². The highest BCUT2D eigenvalue weighted by Gasteiger charge is 2.31. The van der Waals surface area contributed by atoms with Gasteiger partial charge in [-0.15, -0.1) is 0 Å². The first-order valence-electron chi connectivity index (χ1n) is 5.03. The number of ketones is 2. The van der Waals surface area contributed by atoms with Gasteiger partial charge in [0.05, 0.1) is 5.56 Å². The van der Waals surface area contributed by atoms with Crippen LogP contribution in [0.25, 0.3) is 0 Å². The van der Waals surface area contributed by atoms with Crippen molar-refractivity contribution >= 4 is 23.2 Å². The fourth-order valence-electron chi connectivity index (χ4n) is 2.00. The Morgan fingerprint density at radius 3 is 2.24 bits per heavy atom. The van der Waals surface area contributed by atoms with Crippen LogP contribution in [0, 0.1) is 0 Å². The van der Waals surface area contributed by atoms with Crippen LogP contribution < -0.4 is 0 Å². The Morgan fingerprint density at radius 1 is 0.882 bits per heavy atom. The van der Waals surface area contributed by atoms with Crippen molar-refractivity contribution in [2.75, 3.05) is 0 Å². The maximum absolute atomic E-state index is 12.2. The van der Waals surface area contributed by atoms with Gasteiger partial charge < -0.3 is 0 Å². The normalized spacial score (nSPS) is 13.2. The van der Waals surface area contributed by atoms with Crippen LogP contribution in [-0.4, -0.2) is 16.6 Å². The van der Waals surface area contributed by atoms with Gasteiger partial charge in [-0.3, -0.25) is 9.59 Å². The minimum absolute atomic E-state index is 0.0790. The molecule has 1 aliphatic carbocycles. The smallest absolute Gasteiger partial charge is 0.197 e. The summed E-state index contributed by atoms with van der Waals surface area (Å²) >= 11 is 5.88. The minimum atomic E-state index is -0.242. The number of hydrogen-bond acceptors (Lipinski definition) is 3. The van der Waals surface area contributed by atoms with Crippen molar-refractivity contribution in [2.45, 2.75) is 0 Å². The van der Waals surface area contributed by atoms with Crippen LogP contribution in [0.2, 0.25) is 5.15 Å². The van der Waals surface area contributed by atoms with Gasteiger partial charge in [-0.25, -0.2) is 4.98 Å². The summed E-state index contributed by atoms with van der Waals surface area (Å²) in [7, 11) is 0. The van der Waals surface area contributed by atoms with Crippen molar-refractivity contribution in [3.8, 4) is 0 Å². The molecule has 0 unspecified atom stereocenters. The second kappa shape index (κ2) is 3.50. The monoisotopic (exact) mass is 243 g/mol. The quantitative estimate of drug-likeness (QED) is 0.570. The van der Waals surface area contributed by atoms with Crippen molar-refractivity contribution in [3.63, 3.8) is 0 Å². The van der Waals surface area contributed by atoms with Crippen molar-refractivity contribution in [3.05, 3.63) is 63.9 Å². The molecule has 0 aliphatic heterocycles. The molecule has 0 saturated carbocycles. The summed E-state index contributed by atoms with van der Waals surface area (Å²) in [6.45, 7) is 0. The van der Waals surface area contributed by atoms with Gasteiger partial charge in [0.15, 0.2) is 11.6 Å². The molecular weight excluding hydrogens is 238 g/mol. The van der Waals surface area contributed by atoms with E-state index in [1.807, 2.05) is 0 Å². The molecule has 0 bridgehead atoms. The average molecular weight is 244 g/mol. The van der Waals surface area contributed by atoms with Crippen molar-refractivity contribution < 1.29 is 9.59 Å². The molecule has 0 saturated heterocycles. The number of hydrogen-bond donors (Lipinski definition) is 0. The Hall–Kier alpha value is -2.00. The van der Waals surface area contributed by atoms with Crippen LogP contribution in [-0.2, 0) is 0 Å². The number of carbonyl (C=O) groups excluding carboxylic acids is 2. The first kappa shape index (κ1) is 10.2. The molecule has 0 amide bonds. The van der Waals surface area contributed by atoms with E-state index in [0.717, 1.165) is 0 Å². The molecular formula is C13H6ClNO2. The van der Waals surface area contributed by atoms with E-state index in [-0.39, 0.29) is 22.3 Å². The van der Waals surface area contributed by atoms with E-state index in [1.54, 1.807) is 24.3 Å². The van der Waals surface area contributed by atoms with Gasteiger partial charge >= 0.3 is 0 Å². The maximum Gasteiger partial charge on any atom is 0.197 e. The second-order valence-electron chi connectivity index (χ2n) is 3.73. The summed E-state index contributed by atoms with van der Waals surface area (Å²) in [4.78, 5) is 28.2. The number of nitrogens with zero attached hydrogens (tertiary/aromatic N) is 1. The van der Waals surface area contributed by atoms with E-state index >= 15 is 0 Å². The Bertz CT molecular complexity index is 664. The largest absolute Gasteiger partial charge is 0.289 e. The summed E-state index contributed by atoms with van der Waals surface area (Å²) < 4.78 is 0. The Kier molecular flexibility index (Phi) is 2.09. The molecule has 1 aromatic heterocycles. The van der Waals surface area contributed by atoms with Crippen molar-refractivity contribution in [1.82, 2.24) is 4.98 Å². The summed E-state index contributed by atoms with van der Waals surface area (Å²) in [5, 5.41) is 0.0790. The molecule has 1 aromatic carbocycles. The number of rotatable bonds is 0. The Morgan fingerprint density at radius 2 is 1.53 bits per heavy atom. The van der Waals surface area contributed by atoms with Gasteiger partial charge in [0, 0.05) is 22.9 Å². The Labute approximate surface area is 102 Å². The zero-order chi connectivity index (χ0) is 12.0. The summed E-state index contributed by atoms with van der Waals surface area (Å²) in [5.41, 5.74) is 1.35. The molecule has 2 aromatic rings. The number of pyridine rings is 1. The van der Waals surface area contributed by atoms with E-state index in [1.165, 1.54) is 12.3 Å². The lowest BCUT2D eigenvalue weighted by atomic mass is 9.85. The number of fused-ring (bicyclic) bond motifs is 2. The predicted octanol–water partition coefficient (Wildman–Crippen LogP) is 2.51. The zero-order valence-electron chi connectivity index (χ0n) is 8.61. The first-order chi connectivity index (χ1) is 8.20. The van der Waals surface area contributed by atoms with Gasteiger partial charge in [-0.2, -0.15) is 0 Å². The van der Waals surface area contributed by atoms with Crippen LogP contribution in [0.15, 0.2) is 36.5 Å². The van der Waals surface area contributed by atoms with E-state index in [0.29, 0.717) is 16.7 Å². The molecule has 0 spiro atoms. The number of halogens is 1. The van der Waals surface area contributed by atoms with E-state index < -0.39 is 0 Å². The van der Waals surface area contributed by atoms with Crippen LogP contribution in [0.5, 0.6) is 0 Å². The molecule has 3 rings (SSSR count). The fraction of sp³-hybridized carbons (Fsp3) is 0. The van der Waals surface area contributed by atoms with Gasteiger partial charge in [0.25, 0.3) is 0 Å². The topological polar surface area (TPSA) is 47.0 Å². The highest BCUT2D eigenvalue weighted by molar-refractivity contribution is 6.38. The lowest BCUT2D eigenvalue weighted by molar-refractivity contribution is 0.0979. The van der Waals surface area contributed by atoms with Gasteiger partial charge in [0.1, 0.15) is 5.15 Å². The van der Waals surface area contributed by atoms with Gasteiger partial charge in [-0.1, -0.05) is 35.9 Å². The lowest BCUT2D eigenvalue weighted by Gasteiger charge is -2.17. The van der Waals surface area contributed by atoms with Crippen molar-refractivity contribution in [2.24, 2.45) is 0 Å². The van der Waals surface area contributed by atoms with Crippen LogP contribution >= 0.6 is 11.6 Å². The highest BCUT2D eigenvalue weighted by Crippen LogP contribution is 2.30. The molecule has 1 heterocycles. The van der Waals surface area contributed by atoms with E-state index in [9.17, 15) is 9.59 Å². The second-order valence-corrected chi connectivity index (χ2v) is 4.09. The summed E-state index contributed by atoms with van der Waals surface area (Å²) in [5.74, 6) is -0.423. The molecule has 82 valence electrons. The highest BCUT2D eigenvalue weighted by atomic mass is 35.5. The lowest BCUT2D eigenvalue weighted by Crippen LogP contribution is -2.21. The maximum atomic E-state index is 12.2. The summed E-state index contributed by atoms with van der Waals surface area (Å²) in [6.07, 6.45) is 1.43. The average Bonchev–Trinajstić information content (AvgIpc) is 2.36. The molecule has 17 heavy (non-hydrogen) atoms. The zero-order valence-corrected chi connectivity index (χ0v) is 9.36. The number of carbonyl (C=O) groups is 2. The molecule has 0 N–H and O–H groups in total. The van der Waals surface area contributed by atoms with E-state index in [4.69, 9.17) is 11.6 Å². The molecule has 1 aliphatic rings. The Balaban J connectivity index is 2.37. The van der Waals surface area contributed by atoms with Gasteiger partial charge in [-0.05, 0) is 6.07 Å². The minimum Gasteiger partial charge on any atom is -0.289 e. The molecule has 0 atom stereocenters. The third-order valence-electron chi connectivity index (χ3n) is 2.79. The standard InChI is InChI=1S/C13H6ClNO2/c14-13-10-9(5-6-15-13)11(16)7-3-1-2-4-8(7)12(10)17/h1-6H. The SMILES string of the molecule is O=C1c2ccccc2C(=O)c2c1ccnc2Cl. The fourth-order valence-corrected chi connectivity index (χ4v) is 2.24. The molecule has 0 fully saturated rings. The molecule has 3 nitrogen and oxygen atoms in total. The third-order valence-corrected chi connectivity index (χ3v) is 3.08. The molecule has 0 radical (unpaired) electrons. The summed E-state index contributed by atoms with van der Waals surface area (Å²) in [6, 6.07) is 8.25. The van der Waals surface area contributed by atoms with Crippen LogP contribution in [0.1, 0.15) is 31.8 Å². The van der Waals surface area contributed by atoms with Gasteiger partial charge in [0.2, 0.25) is 0 Å². The van der Waals surface area contributed by atoms with Crippen LogP contribution in [0.4, 0.5) is 0 Å². The predicted molar refractivity (Wildman–Crippen MR) is 62.6 cm³/mol. The van der Waals surface area contributed by atoms with E-state index in [2.05, 4.69) is 4.98 Å². The molecule has 4 heteroatoms. The first-order valence-corrected chi connectivity index (χ1v) is 5.41. The third kappa shape index (κ3) is 1.33. The number of benzene rings is 1.